The van der Waals surface area contributed by atoms with E-state index in [9.17, 15) is 17.8 Å². The van der Waals surface area contributed by atoms with Crippen LogP contribution in [0.1, 0.15) is 13.3 Å². The first-order valence-corrected chi connectivity index (χ1v) is 8.46. The van der Waals surface area contributed by atoms with Gasteiger partial charge in [0, 0.05) is 12.6 Å². The second kappa shape index (κ2) is 9.16. The summed E-state index contributed by atoms with van der Waals surface area (Å²) in [5.74, 6) is 0.573. The third-order valence-electron chi connectivity index (χ3n) is 2.89. The Hall–Kier alpha value is -2.23. The molecule has 24 heavy (non-hydrogen) atoms. The highest BCUT2D eigenvalue weighted by Crippen LogP contribution is 2.21. The summed E-state index contributed by atoms with van der Waals surface area (Å²) in [6.07, 6.45) is 2.41. The molecular formula is C15H20N2O6S. The molecule has 9 heteroatoms. The predicted octanol–water partition coefficient (Wildman–Crippen LogP) is 1.26. The summed E-state index contributed by atoms with van der Waals surface area (Å²) in [5, 5.41) is 3.74. The molecule has 0 aliphatic heterocycles. The number of nitrogens with zero attached hydrogens (tertiary/aromatic N) is 1. The number of pyridine rings is 1. The molecule has 132 valence electrons. The molecule has 2 aromatic rings. The van der Waals surface area contributed by atoms with Crippen LogP contribution in [0.25, 0.3) is 10.9 Å². The third kappa shape index (κ3) is 6.49. The monoisotopic (exact) mass is 356 g/mol. The lowest BCUT2D eigenvalue weighted by Crippen LogP contribution is -2.31. The van der Waals surface area contributed by atoms with Crippen LogP contribution in [0.3, 0.4) is 0 Å². The Morgan fingerprint density at radius 2 is 1.92 bits per heavy atom. The standard InChI is InChI=1S/C14H16N2O2.CH4O4S/c1-3-9-15-14(17)18-12-8-4-6-11-7-5-10-16(2)13(11)12;1-5-6(2,3)4/h4-8,10H,3,9H2,1-2H3;1H3,(H,2,3,4). The minimum absolute atomic E-state index is 0.409. The zero-order chi connectivity index (χ0) is 18.2. The summed E-state index contributed by atoms with van der Waals surface area (Å²) in [6, 6.07) is 9.63. The molecule has 0 unspecified atom stereocenters. The summed E-state index contributed by atoms with van der Waals surface area (Å²) < 4.78 is 38.3. The van der Waals surface area contributed by atoms with Crippen molar-refractivity contribution in [3.05, 3.63) is 36.5 Å². The van der Waals surface area contributed by atoms with Crippen LogP contribution in [0.2, 0.25) is 0 Å². The second-order valence-corrected chi connectivity index (χ2v) is 5.85. The number of hydrogen-bond acceptors (Lipinski definition) is 6. The van der Waals surface area contributed by atoms with Gasteiger partial charge in [0.1, 0.15) is 7.05 Å². The summed E-state index contributed by atoms with van der Waals surface area (Å²) in [6.45, 7) is 2.62. The number of carbonyl (C=O) groups is 1. The number of benzene rings is 1. The molecule has 2 rings (SSSR count). The number of fused-ring (bicyclic) bond motifs is 1. The molecule has 0 saturated carbocycles. The fourth-order valence-electron chi connectivity index (χ4n) is 1.85. The topological polar surface area (TPSA) is 109 Å². The van der Waals surface area contributed by atoms with E-state index in [1.807, 2.05) is 49.0 Å². The number of aryl methyl sites for hydroxylation is 1. The van der Waals surface area contributed by atoms with Crippen molar-refractivity contribution in [2.24, 2.45) is 7.05 Å². The van der Waals surface area contributed by atoms with E-state index >= 15 is 0 Å². The number of amides is 1. The van der Waals surface area contributed by atoms with Crippen molar-refractivity contribution >= 4 is 27.4 Å². The quantitative estimate of drug-likeness (QED) is 0.502. The van der Waals surface area contributed by atoms with Gasteiger partial charge in [-0.2, -0.15) is 4.57 Å². The van der Waals surface area contributed by atoms with E-state index in [2.05, 4.69) is 9.50 Å². The number of rotatable bonds is 4. The van der Waals surface area contributed by atoms with Crippen LogP contribution in [0.5, 0.6) is 5.75 Å². The number of ether oxygens (including phenoxy) is 1. The largest absolute Gasteiger partial charge is 0.726 e. The van der Waals surface area contributed by atoms with Crippen molar-refractivity contribution in [1.29, 1.82) is 0 Å². The molecule has 0 aliphatic carbocycles. The van der Waals surface area contributed by atoms with Crippen LogP contribution in [-0.2, 0) is 21.6 Å². The van der Waals surface area contributed by atoms with Gasteiger partial charge in [-0.15, -0.1) is 0 Å². The van der Waals surface area contributed by atoms with Gasteiger partial charge in [0.15, 0.2) is 6.20 Å². The number of hydrogen-bond donors (Lipinski definition) is 1. The number of carbonyl (C=O) groups excluding carboxylic acids is 1. The molecule has 0 spiro atoms. The Labute approximate surface area is 141 Å². The summed E-state index contributed by atoms with van der Waals surface area (Å²) in [5.41, 5.74) is 0.909. The zero-order valence-electron chi connectivity index (χ0n) is 13.7. The van der Waals surface area contributed by atoms with Crippen molar-refractivity contribution < 1.29 is 31.3 Å². The number of nitrogens with one attached hydrogen (secondary N) is 1. The highest BCUT2D eigenvalue weighted by molar-refractivity contribution is 7.80. The molecule has 1 heterocycles. The Morgan fingerprint density at radius 3 is 2.50 bits per heavy atom. The van der Waals surface area contributed by atoms with Gasteiger partial charge in [-0.25, -0.2) is 13.2 Å². The minimum atomic E-state index is -4.41. The van der Waals surface area contributed by atoms with Gasteiger partial charge in [0.25, 0.3) is 5.52 Å². The molecule has 0 saturated heterocycles. The van der Waals surface area contributed by atoms with Gasteiger partial charge in [-0.1, -0.05) is 13.0 Å². The molecule has 1 N–H and O–H groups in total. The van der Waals surface area contributed by atoms with Crippen LogP contribution in [0.15, 0.2) is 36.5 Å². The van der Waals surface area contributed by atoms with Crippen LogP contribution in [0, 0.1) is 0 Å². The first-order valence-electron chi connectivity index (χ1n) is 7.13. The van der Waals surface area contributed by atoms with Crippen molar-refractivity contribution in [2.45, 2.75) is 13.3 Å². The summed E-state index contributed by atoms with van der Waals surface area (Å²) in [7, 11) is -1.67. The molecule has 1 aromatic heterocycles. The Bertz CT molecular complexity index is 786. The minimum Gasteiger partial charge on any atom is -0.726 e. The van der Waals surface area contributed by atoms with Gasteiger partial charge in [0.2, 0.25) is 16.1 Å². The van der Waals surface area contributed by atoms with Gasteiger partial charge < -0.3 is 14.6 Å². The van der Waals surface area contributed by atoms with E-state index in [-0.39, 0.29) is 0 Å². The Kier molecular flexibility index (Phi) is 7.56. The number of aromatic nitrogens is 1. The smallest absolute Gasteiger partial charge is 0.412 e. The average molecular weight is 356 g/mol. The lowest BCUT2D eigenvalue weighted by molar-refractivity contribution is -0.645. The lowest BCUT2D eigenvalue weighted by Gasteiger charge is -2.06. The van der Waals surface area contributed by atoms with E-state index in [4.69, 9.17) is 4.74 Å². The van der Waals surface area contributed by atoms with Crippen LogP contribution in [0.4, 0.5) is 4.79 Å². The van der Waals surface area contributed by atoms with Gasteiger partial charge in [0.05, 0.1) is 12.5 Å². The van der Waals surface area contributed by atoms with Crippen LogP contribution < -0.4 is 14.6 Å². The van der Waals surface area contributed by atoms with Gasteiger partial charge in [-0.05, 0) is 24.6 Å². The molecule has 0 radical (unpaired) electrons. The maximum absolute atomic E-state index is 11.6. The highest BCUT2D eigenvalue weighted by Gasteiger charge is 2.14. The molecule has 0 aliphatic rings. The molecule has 1 aromatic carbocycles. The molecule has 1 amide bonds. The van der Waals surface area contributed by atoms with E-state index in [1.165, 1.54) is 0 Å². The van der Waals surface area contributed by atoms with Gasteiger partial charge >= 0.3 is 6.09 Å². The molecule has 0 atom stereocenters. The average Bonchev–Trinajstić information content (AvgIpc) is 2.53. The van der Waals surface area contributed by atoms with Crippen molar-refractivity contribution in [3.63, 3.8) is 0 Å². The van der Waals surface area contributed by atoms with E-state index in [1.54, 1.807) is 6.07 Å². The number of para-hydroxylation sites is 1. The van der Waals surface area contributed by atoms with E-state index in [0.29, 0.717) is 12.3 Å². The van der Waals surface area contributed by atoms with E-state index < -0.39 is 16.5 Å². The normalized spacial score (nSPS) is 10.7. The van der Waals surface area contributed by atoms with Crippen molar-refractivity contribution in [2.75, 3.05) is 13.7 Å². The SMILES string of the molecule is CCCNC(=O)Oc1cccc2ccc[n+](C)c12.COS(=O)(=O)[O-]. The van der Waals surface area contributed by atoms with Crippen LogP contribution in [-0.4, -0.2) is 32.7 Å². The molecule has 0 bridgehead atoms. The maximum Gasteiger partial charge on any atom is 0.412 e. The molecule has 8 nitrogen and oxygen atoms in total. The highest BCUT2D eigenvalue weighted by atomic mass is 32.3. The van der Waals surface area contributed by atoms with Crippen molar-refractivity contribution in [3.8, 4) is 5.75 Å². The fourth-order valence-corrected chi connectivity index (χ4v) is 1.85. The van der Waals surface area contributed by atoms with Crippen molar-refractivity contribution in [1.82, 2.24) is 5.32 Å². The fraction of sp³-hybridized carbons (Fsp3) is 0.333. The maximum atomic E-state index is 11.6. The Balaban J connectivity index is 0.000000413. The van der Waals surface area contributed by atoms with E-state index in [0.717, 1.165) is 24.4 Å². The van der Waals surface area contributed by atoms with Gasteiger partial charge in [-0.3, -0.25) is 4.18 Å². The first-order chi connectivity index (χ1) is 11.3. The predicted molar refractivity (Wildman–Crippen MR) is 86.1 cm³/mol. The molecular weight excluding hydrogens is 336 g/mol. The summed E-state index contributed by atoms with van der Waals surface area (Å²) in [4.78, 5) is 11.6. The second-order valence-electron chi connectivity index (χ2n) is 4.70. The first kappa shape index (κ1) is 19.8. The molecule has 0 fully saturated rings. The lowest BCUT2D eigenvalue weighted by atomic mass is 10.2. The summed E-state index contributed by atoms with van der Waals surface area (Å²) >= 11 is 0. The third-order valence-corrected chi connectivity index (χ3v) is 3.30. The zero-order valence-corrected chi connectivity index (χ0v) is 14.5. The Morgan fingerprint density at radius 1 is 1.29 bits per heavy atom. The van der Waals surface area contributed by atoms with Crippen LogP contribution >= 0.6 is 0 Å².